The molecule has 0 saturated carbocycles. The summed E-state index contributed by atoms with van der Waals surface area (Å²) in [7, 11) is 2.07. The lowest BCUT2D eigenvalue weighted by molar-refractivity contribution is -0.121. The van der Waals surface area contributed by atoms with Crippen molar-refractivity contribution in [3.63, 3.8) is 0 Å². The molecule has 1 amide bonds. The van der Waals surface area contributed by atoms with E-state index < -0.39 is 0 Å². The lowest BCUT2D eigenvalue weighted by atomic mass is 10.2. The number of aromatic nitrogens is 2. The van der Waals surface area contributed by atoms with Gasteiger partial charge in [-0.15, -0.1) is 0 Å². The minimum absolute atomic E-state index is 0.172. The first-order valence-corrected chi connectivity index (χ1v) is 9.58. The second-order valence-corrected chi connectivity index (χ2v) is 7.40. The molecule has 27 heavy (non-hydrogen) atoms. The van der Waals surface area contributed by atoms with E-state index in [0.717, 1.165) is 43.0 Å². The zero-order valence-electron chi connectivity index (χ0n) is 15.5. The number of likely N-dealkylation sites (N-methyl/N-ethyl adjacent to an activating group) is 1. The van der Waals surface area contributed by atoms with E-state index in [9.17, 15) is 4.79 Å². The zero-order chi connectivity index (χ0) is 19.4. The molecule has 1 aromatic carbocycles. The van der Waals surface area contributed by atoms with Crippen molar-refractivity contribution in [3.8, 4) is 0 Å². The number of benzene rings is 1. The van der Waals surface area contributed by atoms with E-state index in [0.29, 0.717) is 16.7 Å². The van der Waals surface area contributed by atoms with Gasteiger partial charge in [0.25, 0.3) is 5.91 Å². The smallest absolute Gasteiger partial charge is 0.258 e. The van der Waals surface area contributed by atoms with Crippen molar-refractivity contribution >= 4 is 35.2 Å². The molecule has 1 aliphatic rings. The molecule has 1 fully saturated rings. The standard InChI is InChI=1S/C19H23Cl2N5O/c1-14-16(7-8-18(27)23-25-11-9-24(2)10-12-25)19(21)26(22-14)13-15-5-3-4-6-17(15)20/h3-8H,9-13H2,1-2H3,(H,23,27)/b8-7+. The molecule has 8 heteroatoms. The van der Waals surface area contributed by atoms with Crippen LogP contribution < -0.4 is 5.43 Å². The largest absolute Gasteiger partial charge is 0.304 e. The van der Waals surface area contributed by atoms with Gasteiger partial charge in [-0.05, 0) is 31.7 Å². The van der Waals surface area contributed by atoms with E-state index >= 15 is 0 Å². The summed E-state index contributed by atoms with van der Waals surface area (Å²) in [6, 6.07) is 7.59. The molecule has 1 aliphatic heterocycles. The number of nitrogens with zero attached hydrogens (tertiary/aromatic N) is 4. The van der Waals surface area contributed by atoms with Crippen molar-refractivity contribution in [3.05, 3.63) is 57.3 Å². The van der Waals surface area contributed by atoms with Crippen molar-refractivity contribution in [1.82, 2.24) is 25.1 Å². The molecule has 0 radical (unpaired) electrons. The molecule has 0 atom stereocenters. The van der Waals surface area contributed by atoms with Gasteiger partial charge in [0, 0.05) is 42.8 Å². The fraction of sp³-hybridized carbons (Fsp3) is 0.368. The number of aryl methyl sites for hydroxylation is 1. The highest BCUT2D eigenvalue weighted by atomic mass is 35.5. The fourth-order valence-corrected chi connectivity index (χ4v) is 3.41. The molecule has 1 aromatic heterocycles. The first-order valence-electron chi connectivity index (χ1n) is 8.82. The van der Waals surface area contributed by atoms with Crippen LogP contribution in [0.4, 0.5) is 0 Å². The Balaban J connectivity index is 1.66. The maximum Gasteiger partial charge on any atom is 0.258 e. The van der Waals surface area contributed by atoms with Crippen LogP contribution in [0.25, 0.3) is 6.08 Å². The number of amides is 1. The molecule has 0 unspecified atom stereocenters. The summed E-state index contributed by atoms with van der Waals surface area (Å²) in [5.41, 5.74) is 5.33. The Morgan fingerprint density at radius 3 is 2.63 bits per heavy atom. The average Bonchev–Trinajstić information content (AvgIpc) is 2.90. The number of carbonyl (C=O) groups excluding carboxylic acids is 1. The molecular weight excluding hydrogens is 385 g/mol. The Kier molecular flexibility index (Phi) is 6.55. The lowest BCUT2D eigenvalue weighted by Crippen LogP contribution is -2.52. The third-order valence-corrected chi connectivity index (χ3v) is 5.33. The third kappa shape index (κ3) is 5.11. The van der Waals surface area contributed by atoms with Crippen LogP contribution in [0.15, 0.2) is 30.3 Å². The number of nitrogens with one attached hydrogen (secondary N) is 1. The van der Waals surface area contributed by atoms with Gasteiger partial charge in [0.1, 0.15) is 5.15 Å². The van der Waals surface area contributed by atoms with Crippen molar-refractivity contribution in [2.24, 2.45) is 0 Å². The van der Waals surface area contributed by atoms with Crippen LogP contribution in [0.1, 0.15) is 16.8 Å². The zero-order valence-corrected chi connectivity index (χ0v) is 17.0. The van der Waals surface area contributed by atoms with Gasteiger partial charge in [0.05, 0.1) is 12.2 Å². The number of carbonyl (C=O) groups is 1. The van der Waals surface area contributed by atoms with Gasteiger partial charge in [-0.3, -0.25) is 10.2 Å². The van der Waals surface area contributed by atoms with Gasteiger partial charge < -0.3 is 4.90 Å². The number of piperazine rings is 1. The number of halogens is 2. The minimum Gasteiger partial charge on any atom is -0.304 e. The SMILES string of the molecule is Cc1nn(Cc2ccccc2Cl)c(Cl)c1/C=C/C(=O)NN1CCN(C)CC1. The molecule has 3 rings (SSSR count). The summed E-state index contributed by atoms with van der Waals surface area (Å²) in [5, 5.41) is 7.56. The number of hydrogen-bond acceptors (Lipinski definition) is 4. The maximum atomic E-state index is 12.2. The predicted octanol–water partition coefficient (Wildman–Crippen LogP) is 2.84. The fourth-order valence-electron chi connectivity index (χ4n) is 2.92. The Morgan fingerprint density at radius 2 is 1.93 bits per heavy atom. The molecule has 0 spiro atoms. The summed E-state index contributed by atoms with van der Waals surface area (Å²) in [4.78, 5) is 14.4. The van der Waals surface area contributed by atoms with Gasteiger partial charge in [-0.25, -0.2) is 9.69 Å². The average molecular weight is 408 g/mol. The molecule has 1 N–H and O–H groups in total. The van der Waals surface area contributed by atoms with E-state index in [4.69, 9.17) is 23.2 Å². The van der Waals surface area contributed by atoms with Crippen molar-refractivity contribution in [2.75, 3.05) is 33.2 Å². The van der Waals surface area contributed by atoms with Gasteiger partial charge in [0.15, 0.2) is 0 Å². The maximum absolute atomic E-state index is 12.2. The highest BCUT2D eigenvalue weighted by Gasteiger charge is 2.16. The van der Waals surface area contributed by atoms with Crippen LogP contribution in [-0.4, -0.2) is 58.8 Å². The molecular formula is C19H23Cl2N5O. The molecule has 0 bridgehead atoms. The summed E-state index contributed by atoms with van der Waals surface area (Å²) in [6.45, 7) is 5.83. The molecule has 0 aliphatic carbocycles. The van der Waals surface area contributed by atoms with Gasteiger partial charge in [-0.2, -0.15) is 5.10 Å². The first kappa shape index (κ1) is 19.9. The summed E-state index contributed by atoms with van der Waals surface area (Å²) in [5.74, 6) is -0.172. The van der Waals surface area contributed by atoms with E-state index in [1.165, 1.54) is 6.08 Å². The van der Waals surface area contributed by atoms with E-state index in [1.807, 2.05) is 36.2 Å². The van der Waals surface area contributed by atoms with Crippen molar-refractivity contribution in [2.45, 2.75) is 13.5 Å². The Labute approximate surface area is 169 Å². The third-order valence-electron chi connectivity index (χ3n) is 4.56. The predicted molar refractivity (Wildman–Crippen MR) is 109 cm³/mol. The van der Waals surface area contributed by atoms with Crippen LogP contribution in [-0.2, 0) is 11.3 Å². The van der Waals surface area contributed by atoms with Crippen LogP contribution in [0, 0.1) is 6.92 Å². The topological polar surface area (TPSA) is 53.4 Å². The van der Waals surface area contributed by atoms with Crippen molar-refractivity contribution in [1.29, 1.82) is 0 Å². The molecule has 2 aromatic rings. The number of rotatable bonds is 5. The van der Waals surface area contributed by atoms with Crippen LogP contribution in [0.5, 0.6) is 0 Å². The minimum atomic E-state index is -0.172. The van der Waals surface area contributed by atoms with Crippen LogP contribution in [0.2, 0.25) is 10.2 Å². The second-order valence-electron chi connectivity index (χ2n) is 6.64. The van der Waals surface area contributed by atoms with Gasteiger partial charge >= 0.3 is 0 Å². The van der Waals surface area contributed by atoms with E-state index in [1.54, 1.807) is 10.8 Å². The first-order chi connectivity index (χ1) is 12.9. The lowest BCUT2D eigenvalue weighted by Gasteiger charge is -2.31. The molecule has 2 heterocycles. The van der Waals surface area contributed by atoms with Crippen LogP contribution >= 0.6 is 23.2 Å². The highest BCUT2D eigenvalue weighted by Crippen LogP contribution is 2.24. The van der Waals surface area contributed by atoms with Crippen LogP contribution in [0.3, 0.4) is 0 Å². The Bertz CT molecular complexity index is 841. The molecule has 144 valence electrons. The van der Waals surface area contributed by atoms with Gasteiger partial charge in [0.2, 0.25) is 0 Å². The van der Waals surface area contributed by atoms with Crippen molar-refractivity contribution < 1.29 is 4.79 Å². The number of hydrazine groups is 1. The molecule has 1 saturated heterocycles. The normalized spacial score (nSPS) is 16.1. The summed E-state index contributed by atoms with van der Waals surface area (Å²) in [6.07, 6.45) is 3.20. The monoisotopic (exact) mass is 407 g/mol. The summed E-state index contributed by atoms with van der Waals surface area (Å²) < 4.78 is 1.69. The van der Waals surface area contributed by atoms with E-state index in [-0.39, 0.29) is 5.91 Å². The Morgan fingerprint density at radius 1 is 1.22 bits per heavy atom. The van der Waals surface area contributed by atoms with Gasteiger partial charge in [-0.1, -0.05) is 41.4 Å². The summed E-state index contributed by atoms with van der Waals surface area (Å²) >= 11 is 12.7. The quantitative estimate of drug-likeness (QED) is 0.774. The second kappa shape index (κ2) is 8.89. The number of hydrogen-bond donors (Lipinski definition) is 1. The van der Waals surface area contributed by atoms with E-state index in [2.05, 4.69) is 22.5 Å². The Hall–Kier alpha value is -1.86. The highest BCUT2D eigenvalue weighted by molar-refractivity contribution is 6.32. The molecule has 6 nitrogen and oxygen atoms in total.